The van der Waals surface area contributed by atoms with Crippen molar-refractivity contribution in [3.05, 3.63) is 29.3 Å². The lowest BCUT2D eigenvalue weighted by Gasteiger charge is -2.03. The quantitative estimate of drug-likeness (QED) is 0.903. The van der Waals surface area contributed by atoms with Gasteiger partial charge in [0.05, 0.1) is 11.7 Å². The second kappa shape index (κ2) is 5.27. The predicted molar refractivity (Wildman–Crippen MR) is 69.1 cm³/mol. The first-order valence-corrected chi connectivity index (χ1v) is 6.24. The Balaban J connectivity index is 2.29. The molecule has 0 atom stereocenters. The molecule has 0 aliphatic heterocycles. The van der Waals surface area contributed by atoms with E-state index in [1.807, 2.05) is 24.3 Å². The fraction of sp³-hybridized carbons (Fsp3) is 0.273. The van der Waals surface area contributed by atoms with Gasteiger partial charge in [0.15, 0.2) is 5.82 Å². The number of halogens is 1. The van der Waals surface area contributed by atoms with Crippen LogP contribution in [0.2, 0.25) is 5.02 Å². The molecule has 0 aliphatic rings. The summed E-state index contributed by atoms with van der Waals surface area (Å²) in [5.74, 6) is 0.842. The van der Waals surface area contributed by atoms with Crippen LogP contribution < -0.4 is 5.32 Å². The molecule has 0 bridgehead atoms. The summed E-state index contributed by atoms with van der Waals surface area (Å²) < 4.78 is 8.53. The van der Waals surface area contributed by atoms with Crippen LogP contribution in [0.3, 0.4) is 0 Å². The lowest BCUT2D eigenvalue weighted by molar-refractivity contribution is 0.974. The smallest absolute Gasteiger partial charge is 0.168 e. The van der Waals surface area contributed by atoms with Gasteiger partial charge in [-0.3, -0.25) is 0 Å². The normalized spacial score (nSPS) is 10.4. The van der Waals surface area contributed by atoms with Crippen molar-refractivity contribution in [2.24, 2.45) is 0 Å². The van der Waals surface area contributed by atoms with Crippen LogP contribution in [0.15, 0.2) is 24.3 Å². The van der Waals surface area contributed by atoms with E-state index >= 15 is 0 Å². The molecular formula is C11H12ClN3S. The zero-order valence-corrected chi connectivity index (χ0v) is 10.5. The van der Waals surface area contributed by atoms with Crippen LogP contribution in [0, 0.1) is 0 Å². The molecule has 84 valence electrons. The number of hydrogen-bond donors (Lipinski definition) is 1. The monoisotopic (exact) mass is 253 g/mol. The van der Waals surface area contributed by atoms with Gasteiger partial charge in [-0.05, 0) is 18.6 Å². The van der Waals surface area contributed by atoms with Crippen molar-refractivity contribution in [2.45, 2.75) is 13.3 Å². The fourth-order valence-corrected chi connectivity index (χ4v) is 2.11. The van der Waals surface area contributed by atoms with Crippen LogP contribution in [0.25, 0.3) is 11.3 Å². The maximum absolute atomic E-state index is 5.95. The van der Waals surface area contributed by atoms with Gasteiger partial charge in [-0.1, -0.05) is 30.7 Å². The Morgan fingerprint density at radius 3 is 3.00 bits per heavy atom. The molecule has 3 nitrogen and oxygen atoms in total. The summed E-state index contributed by atoms with van der Waals surface area (Å²) in [4.78, 5) is 0. The summed E-state index contributed by atoms with van der Waals surface area (Å²) in [7, 11) is 0. The molecule has 1 N–H and O–H groups in total. The van der Waals surface area contributed by atoms with E-state index in [1.54, 1.807) is 0 Å². The highest BCUT2D eigenvalue weighted by molar-refractivity contribution is 6.99. The maximum atomic E-state index is 5.95. The van der Waals surface area contributed by atoms with Crippen LogP contribution in [0.4, 0.5) is 5.82 Å². The van der Waals surface area contributed by atoms with Crippen molar-refractivity contribution in [2.75, 3.05) is 11.9 Å². The number of benzene rings is 1. The minimum atomic E-state index is 0.715. The molecule has 1 aromatic carbocycles. The van der Waals surface area contributed by atoms with E-state index < -0.39 is 0 Å². The van der Waals surface area contributed by atoms with Crippen molar-refractivity contribution >= 4 is 29.1 Å². The van der Waals surface area contributed by atoms with E-state index in [4.69, 9.17) is 11.6 Å². The summed E-state index contributed by atoms with van der Waals surface area (Å²) in [5, 5.41) is 3.97. The maximum Gasteiger partial charge on any atom is 0.168 e. The zero-order valence-electron chi connectivity index (χ0n) is 8.90. The van der Waals surface area contributed by atoms with Gasteiger partial charge in [0.2, 0.25) is 0 Å². The molecule has 0 unspecified atom stereocenters. The van der Waals surface area contributed by atoms with Gasteiger partial charge in [0, 0.05) is 17.1 Å². The topological polar surface area (TPSA) is 37.8 Å². The van der Waals surface area contributed by atoms with E-state index in [0.29, 0.717) is 5.02 Å². The van der Waals surface area contributed by atoms with Crippen molar-refractivity contribution in [3.8, 4) is 11.3 Å². The Kier molecular flexibility index (Phi) is 3.74. The van der Waals surface area contributed by atoms with Crippen molar-refractivity contribution in [1.82, 2.24) is 8.75 Å². The summed E-state index contributed by atoms with van der Waals surface area (Å²) in [6, 6.07) is 7.65. The molecule has 0 radical (unpaired) electrons. The van der Waals surface area contributed by atoms with Gasteiger partial charge in [-0.25, -0.2) is 0 Å². The van der Waals surface area contributed by atoms with Gasteiger partial charge in [-0.2, -0.15) is 8.75 Å². The Bertz CT molecular complexity index is 470. The highest BCUT2D eigenvalue weighted by Crippen LogP contribution is 2.27. The first-order chi connectivity index (χ1) is 7.81. The Morgan fingerprint density at radius 1 is 1.38 bits per heavy atom. The van der Waals surface area contributed by atoms with E-state index in [1.165, 1.54) is 11.7 Å². The molecule has 0 fully saturated rings. The molecule has 2 rings (SSSR count). The first kappa shape index (κ1) is 11.4. The molecule has 1 aromatic heterocycles. The van der Waals surface area contributed by atoms with Crippen molar-refractivity contribution in [1.29, 1.82) is 0 Å². The van der Waals surface area contributed by atoms with E-state index in [2.05, 4.69) is 21.0 Å². The molecule has 0 aliphatic carbocycles. The second-order valence-corrected chi connectivity index (χ2v) is 4.36. The standard InChI is InChI=1S/C11H12ClN3S/c1-2-6-13-11-10(14-16-15-11)8-4-3-5-9(12)7-8/h3-5,7H,2,6H2,1H3,(H,13,15). The van der Waals surface area contributed by atoms with Gasteiger partial charge in [0.25, 0.3) is 0 Å². The SMILES string of the molecule is CCCNc1nsnc1-c1cccc(Cl)c1. The third kappa shape index (κ3) is 2.51. The van der Waals surface area contributed by atoms with Crippen molar-refractivity contribution in [3.63, 3.8) is 0 Å². The van der Waals surface area contributed by atoms with Crippen LogP contribution in [-0.2, 0) is 0 Å². The van der Waals surface area contributed by atoms with Crippen molar-refractivity contribution < 1.29 is 0 Å². The minimum Gasteiger partial charge on any atom is -0.367 e. The lowest BCUT2D eigenvalue weighted by atomic mass is 10.1. The Morgan fingerprint density at radius 2 is 2.25 bits per heavy atom. The number of rotatable bonds is 4. The summed E-state index contributed by atoms with van der Waals surface area (Å²) in [6.07, 6.45) is 1.06. The fourth-order valence-electron chi connectivity index (χ4n) is 1.37. The van der Waals surface area contributed by atoms with Gasteiger partial charge < -0.3 is 5.32 Å². The van der Waals surface area contributed by atoms with E-state index in [0.717, 1.165) is 30.0 Å². The molecule has 1 heterocycles. The summed E-state index contributed by atoms with van der Waals surface area (Å²) in [5.41, 5.74) is 1.88. The number of nitrogens with zero attached hydrogens (tertiary/aromatic N) is 2. The van der Waals surface area contributed by atoms with E-state index in [9.17, 15) is 0 Å². The van der Waals surface area contributed by atoms with Crippen LogP contribution >= 0.6 is 23.3 Å². The second-order valence-electron chi connectivity index (χ2n) is 3.40. The molecule has 0 spiro atoms. The highest BCUT2D eigenvalue weighted by atomic mass is 35.5. The number of anilines is 1. The first-order valence-electron chi connectivity index (χ1n) is 5.13. The Hall–Kier alpha value is -1.13. The molecule has 16 heavy (non-hydrogen) atoms. The predicted octanol–water partition coefficient (Wildman–Crippen LogP) is 3.68. The third-order valence-electron chi connectivity index (χ3n) is 2.13. The lowest BCUT2D eigenvalue weighted by Crippen LogP contribution is -2.01. The number of hydrogen-bond acceptors (Lipinski definition) is 4. The summed E-state index contributed by atoms with van der Waals surface area (Å²) in [6.45, 7) is 3.02. The third-order valence-corrected chi connectivity index (χ3v) is 2.89. The van der Waals surface area contributed by atoms with Gasteiger partial charge in [0.1, 0.15) is 5.69 Å². The molecule has 5 heteroatoms. The number of nitrogens with one attached hydrogen (secondary N) is 1. The molecule has 0 saturated carbocycles. The van der Waals surface area contributed by atoms with Gasteiger partial charge >= 0.3 is 0 Å². The van der Waals surface area contributed by atoms with Crippen LogP contribution in [0.1, 0.15) is 13.3 Å². The molecule has 0 saturated heterocycles. The minimum absolute atomic E-state index is 0.715. The number of aromatic nitrogens is 2. The largest absolute Gasteiger partial charge is 0.367 e. The van der Waals surface area contributed by atoms with E-state index in [-0.39, 0.29) is 0 Å². The highest BCUT2D eigenvalue weighted by Gasteiger charge is 2.09. The average molecular weight is 254 g/mol. The summed E-state index contributed by atoms with van der Waals surface area (Å²) >= 11 is 7.17. The van der Waals surface area contributed by atoms with Crippen LogP contribution in [0.5, 0.6) is 0 Å². The molecule has 0 amide bonds. The Labute approximate surface area is 104 Å². The van der Waals surface area contributed by atoms with Crippen LogP contribution in [-0.4, -0.2) is 15.3 Å². The zero-order chi connectivity index (χ0) is 11.4. The average Bonchev–Trinajstić information content (AvgIpc) is 2.74. The van der Waals surface area contributed by atoms with Gasteiger partial charge in [-0.15, -0.1) is 0 Å². The molecule has 2 aromatic rings. The molecular weight excluding hydrogens is 242 g/mol.